The molecule has 0 radical (unpaired) electrons. The Morgan fingerprint density at radius 1 is 1.69 bits per heavy atom. The van der Waals surface area contributed by atoms with Gasteiger partial charge in [-0.15, -0.1) is 11.3 Å². The highest BCUT2D eigenvalue weighted by atomic mass is 32.2. The molecule has 1 rings (SSSR count). The van der Waals surface area contributed by atoms with Gasteiger partial charge in [-0.05, 0) is 23.6 Å². The topological polar surface area (TPSA) is 66.4 Å². The number of amides is 1. The predicted molar refractivity (Wildman–Crippen MR) is 66.0 cm³/mol. The van der Waals surface area contributed by atoms with Gasteiger partial charge in [-0.25, -0.2) is 4.79 Å². The van der Waals surface area contributed by atoms with Gasteiger partial charge in [0, 0.05) is 10.6 Å². The van der Waals surface area contributed by atoms with Crippen LogP contribution in [0.1, 0.15) is 4.88 Å². The molecule has 1 amide bonds. The zero-order chi connectivity index (χ0) is 11.8. The number of aryl methyl sites for hydroxylation is 1. The van der Waals surface area contributed by atoms with Gasteiger partial charge in [0.2, 0.25) is 6.41 Å². The second kappa shape index (κ2) is 7.29. The number of carboxylic acids is 1. The molecular formula is C10H13NO3S2. The summed E-state index contributed by atoms with van der Waals surface area (Å²) in [4.78, 5) is 22.1. The summed E-state index contributed by atoms with van der Waals surface area (Å²) in [5, 5.41) is 13.1. The number of hydrogen-bond acceptors (Lipinski definition) is 4. The fourth-order valence-corrected chi connectivity index (χ4v) is 2.95. The SMILES string of the molecule is O=CNC(CSCCc1cccs1)C(=O)O. The van der Waals surface area contributed by atoms with Gasteiger partial charge >= 0.3 is 5.97 Å². The molecule has 1 aromatic heterocycles. The molecule has 1 atom stereocenters. The average Bonchev–Trinajstić information content (AvgIpc) is 2.75. The number of thioether (sulfide) groups is 1. The summed E-state index contributed by atoms with van der Waals surface area (Å²) in [5.41, 5.74) is 0. The number of nitrogens with one attached hydrogen (secondary N) is 1. The Labute approximate surface area is 102 Å². The number of carbonyl (C=O) groups is 2. The smallest absolute Gasteiger partial charge is 0.327 e. The Bertz CT molecular complexity index is 327. The van der Waals surface area contributed by atoms with Gasteiger partial charge in [-0.1, -0.05) is 6.07 Å². The second-order valence-electron chi connectivity index (χ2n) is 3.08. The normalized spacial score (nSPS) is 12.0. The van der Waals surface area contributed by atoms with Crippen molar-refractivity contribution < 1.29 is 14.7 Å². The van der Waals surface area contributed by atoms with Crippen LogP contribution in [0.5, 0.6) is 0 Å². The Balaban J connectivity index is 2.18. The average molecular weight is 259 g/mol. The van der Waals surface area contributed by atoms with Gasteiger partial charge in [0.25, 0.3) is 0 Å². The first-order valence-corrected chi connectivity index (χ1v) is 6.80. The number of carboxylic acid groups (broad SMARTS) is 1. The monoisotopic (exact) mass is 259 g/mol. The standard InChI is InChI=1S/C10H13NO3S2/c12-7-11-9(10(13)14)6-15-5-3-8-2-1-4-16-8/h1-2,4,7,9H,3,5-6H2,(H,11,12)(H,13,14). The molecule has 16 heavy (non-hydrogen) atoms. The van der Waals surface area contributed by atoms with Crippen molar-refractivity contribution in [2.75, 3.05) is 11.5 Å². The lowest BCUT2D eigenvalue weighted by Crippen LogP contribution is -2.37. The molecule has 4 nitrogen and oxygen atoms in total. The van der Waals surface area contributed by atoms with E-state index < -0.39 is 12.0 Å². The van der Waals surface area contributed by atoms with Gasteiger partial charge in [0.15, 0.2) is 0 Å². The third-order valence-electron chi connectivity index (χ3n) is 1.92. The third-order valence-corrected chi connectivity index (χ3v) is 3.92. The summed E-state index contributed by atoms with van der Waals surface area (Å²) in [6.45, 7) is 0. The van der Waals surface area contributed by atoms with Crippen molar-refractivity contribution >= 4 is 35.5 Å². The minimum absolute atomic E-state index is 0.402. The summed E-state index contributed by atoms with van der Waals surface area (Å²) >= 11 is 3.23. The molecule has 88 valence electrons. The molecule has 6 heteroatoms. The third kappa shape index (κ3) is 4.67. The van der Waals surface area contributed by atoms with Gasteiger partial charge in [0.05, 0.1) is 0 Å². The van der Waals surface area contributed by atoms with Crippen LogP contribution >= 0.6 is 23.1 Å². The minimum Gasteiger partial charge on any atom is -0.480 e. The van der Waals surface area contributed by atoms with E-state index in [9.17, 15) is 9.59 Å². The van der Waals surface area contributed by atoms with Crippen LogP contribution in [-0.4, -0.2) is 35.0 Å². The lowest BCUT2D eigenvalue weighted by Gasteiger charge is -2.09. The number of thiophene rings is 1. The van der Waals surface area contributed by atoms with Crippen molar-refractivity contribution in [3.63, 3.8) is 0 Å². The van der Waals surface area contributed by atoms with E-state index in [1.165, 1.54) is 16.6 Å². The van der Waals surface area contributed by atoms with Gasteiger partial charge in [0.1, 0.15) is 6.04 Å². The zero-order valence-electron chi connectivity index (χ0n) is 8.59. The van der Waals surface area contributed by atoms with E-state index in [1.54, 1.807) is 11.3 Å². The number of aliphatic carboxylic acids is 1. The Hall–Kier alpha value is -1.01. The van der Waals surface area contributed by atoms with Crippen LogP contribution in [0.25, 0.3) is 0 Å². The molecule has 0 saturated carbocycles. The lowest BCUT2D eigenvalue weighted by atomic mass is 10.3. The van der Waals surface area contributed by atoms with E-state index in [0.29, 0.717) is 12.2 Å². The summed E-state index contributed by atoms with van der Waals surface area (Å²) in [6, 6.07) is 3.27. The largest absolute Gasteiger partial charge is 0.480 e. The maximum absolute atomic E-state index is 10.7. The quantitative estimate of drug-likeness (QED) is 0.544. The molecule has 0 aliphatic rings. The van der Waals surface area contributed by atoms with Crippen LogP contribution in [0.3, 0.4) is 0 Å². The Morgan fingerprint density at radius 2 is 2.50 bits per heavy atom. The predicted octanol–water partition coefficient (Wildman–Crippen LogP) is 1.22. The fraction of sp³-hybridized carbons (Fsp3) is 0.400. The Morgan fingerprint density at radius 3 is 3.06 bits per heavy atom. The van der Waals surface area contributed by atoms with Gasteiger partial charge in [-0.2, -0.15) is 11.8 Å². The van der Waals surface area contributed by atoms with Crippen LogP contribution in [-0.2, 0) is 16.0 Å². The Kier molecular flexibility index (Phi) is 5.95. The van der Waals surface area contributed by atoms with Crippen molar-refractivity contribution in [1.82, 2.24) is 5.32 Å². The van der Waals surface area contributed by atoms with E-state index >= 15 is 0 Å². The van der Waals surface area contributed by atoms with Crippen molar-refractivity contribution in [1.29, 1.82) is 0 Å². The molecular weight excluding hydrogens is 246 g/mol. The molecule has 0 spiro atoms. The minimum atomic E-state index is -0.990. The van der Waals surface area contributed by atoms with Crippen LogP contribution in [0, 0.1) is 0 Å². The molecule has 1 aromatic rings. The number of rotatable bonds is 8. The number of hydrogen-bond donors (Lipinski definition) is 2. The van der Waals surface area contributed by atoms with Crippen LogP contribution < -0.4 is 5.32 Å². The highest BCUT2D eigenvalue weighted by molar-refractivity contribution is 7.99. The van der Waals surface area contributed by atoms with E-state index in [4.69, 9.17) is 5.11 Å². The highest BCUT2D eigenvalue weighted by Crippen LogP contribution is 2.13. The van der Waals surface area contributed by atoms with E-state index in [-0.39, 0.29) is 0 Å². The maximum Gasteiger partial charge on any atom is 0.327 e. The first kappa shape index (κ1) is 13.1. The van der Waals surface area contributed by atoms with E-state index in [2.05, 4.69) is 11.4 Å². The van der Waals surface area contributed by atoms with E-state index in [0.717, 1.165) is 12.2 Å². The van der Waals surface area contributed by atoms with Crippen molar-refractivity contribution in [2.45, 2.75) is 12.5 Å². The summed E-state index contributed by atoms with van der Waals surface area (Å²) in [7, 11) is 0. The number of carbonyl (C=O) groups excluding carboxylic acids is 1. The molecule has 0 bridgehead atoms. The zero-order valence-corrected chi connectivity index (χ0v) is 10.2. The van der Waals surface area contributed by atoms with Crippen molar-refractivity contribution in [3.8, 4) is 0 Å². The lowest BCUT2D eigenvalue weighted by molar-refractivity contribution is -0.139. The van der Waals surface area contributed by atoms with Crippen molar-refractivity contribution in [2.24, 2.45) is 0 Å². The van der Waals surface area contributed by atoms with Gasteiger partial charge in [-0.3, -0.25) is 4.79 Å². The summed E-state index contributed by atoms with van der Waals surface area (Å²) in [5.74, 6) is 0.278. The summed E-state index contributed by atoms with van der Waals surface area (Å²) < 4.78 is 0. The van der Waals surface area contributed by atoms with Crippen LogP contribution in [0.15, 0.2) is 17.5 Å². The molecule has 0 saturated heterocycles. The van der Waals surface area contributed by atoms with Crippen LogP contribution in [0.2, 0.25) is 0 Å². The second-order valence-corrected chi connectivity index (χ2v) is 5.26. The molecule has 2 N–H and O–H groups in total. The molecule has 1 heterocycles. The van der Waals surface area contributed by atoms with Crippen LogP contribution in [0.4, 0.5) is 0 Å². The first-order chi connectivity index (χ1) is 7.74. The molecule has 0 fully saturated rings. The molecule has 1 unspecified atom stereocenters. The maximum atomic E-state index is 10.7. The summed E-state index contributed by atoms with van der Waals surface area (Å²) in [6.07, 6.45) is 1.37. The molecule has 0 aromatic carbocycles. The molecule has 0 aliphatic carbocycles. The fourth-order valence-electron chi connectivity index (χ4n) is 1.10. The van der Waals surface area contributed by atoms with Gasteiger partial charge < -0.3 is 10.4 Å². The van der Waals surface area contributed by atoms with Crippen molar-refractivity contribution in [3.05, 3.63) is 22.4 Å². The molecule has 0 aliphatic heterocycles. The highest BCUT2D eigenvalue weighted by Gasteiger charge is 2.15. The van der Waals surface area contributed by atoms with E-state index in [1.807, 2.05) is 11.4 Å². The first-order valence-electron chi connectivity index (χ1n) is 4.76.